The standard InChI is InChI=1S/C15H13FN2O2/c16-12-3-1-2-11(14(12)17)15(19)18-10-4-5-13-9(8-10)6-7-20-13/h1-5,8H,6-7,17H2,(H,18,19). The Morgan fingerprint density at radius 2 is 2.15 bits per heavy atom. The Morgan fingerprint density at radius 3 is 3.00 bits per heavy atom. The molecule has 0 radical (unpaired) electrons. The molecular formula is C15H13FN2O2. The number of carbonyl (C=O) groups is 1. The van der Waals surface area contributed by atoms with E-state index in [-0.39, 0.29) is 11.3 Å². The molecule has 20 heavy (non-hydrogen) atoms. The van der Waals surface area contributed by atoms with Gasteiger partial charge in [0.2, 0.25) is 0 Å². The lowest BCUT2D eigenvalue weighted by molar-refractivity contribution is 0.102. The van der Waals surface area contributed by atoms with E-state index in [4.69, 9.17) is 10.5 Å². The van der Waals surface area contributed by atoms with Crippen molar-refractivity contribution in [3.8, 4) is 5.75 Å². The average molecular weight is 272 g/mol. The van der Waals surface area contributed by atoms with Gasteiger partial charge >= 0.3 is 0 Å². The summed E-state index contributed by atoms with van der Waals surface area (Å²) in [6.45, 7) is 0.656. The number of ether oxygens (including phenoxy) is 1. The number of nitrogens with one attached hydrogen (secondary N) is 1. The number of halogens is 1. The van der Waals surface area contributed by atoms with Gasteiger partial charge in [0.15, 0.2) is 0 Å². The summed E-state index contributed by atoms with van der Waals surface area (Å²) in [4.78, 5) is 12.1. The van der Waals surface area contributed by atoms with Gasteiger partial charge in [0, 0.05) is 12.1 Å². The summed E-state index contributed by atoms with van der Waals surface area (Å²) in [5.41, 5.74) is 7.25. The number of hydrogen-bond donors (Lipinski definition) is 2. The zero-order valence-corrected chi connectivity index (χ0v) is 10.7. The summed E-state index contributed by atoms with van der Waals surface area (Å²) in [6.07, 6.45) is 0.821. The number of rotatable bonds is 2. The van der Waals surface area contributed by atoms with Gasteiger partial charge in [-0.25, -0.2) is 4.39 Å². The second-order valence-electron chi connectivity index (χ2n) is 4.58. The van der Waals surface area contributed by atoms with E-state index in [0.717, 1.165) is 17.7 Å². The Morgan fingerprint density at radius 1 is 1.30 bits per heavy atom. The maximum Gasteiger partial charge on any atom is 0.257 e. The first-order chi connectivity index (χ1) is 9.65. The predicted octanol–water partition coefficient (Wildman–Crippen LogP) is 2.60. The molecule has 0 bridgehead atoms. The van der Waals surface area contributed by atoms with Crippen molar-refractivity contribution >= 4 is 17.3 Å². The van der Waals surface area contributed by atoms with Gasteiger partial charge in [0.05, 0.1) is 17.9 Å². The molecule has 0 fully saturated rings. The number of anilines is 2. The van der Waals surface area contributed by atoms with E-state index >= 15 is 0 Å². The highest BCUT2D eigenvalue weighted by Crippen LogP contribution is 2.28. The zero-order valence-electron chi connectivity index (χ0n) is 10.7. The van der Waals surface area contributed by atoms with Crippen LogP contribution in [0.2, 0.25) is 0 Å². The number of benzene rings is 2. The first-order valence-corrected chi connectivity index (χ1v) is 6.26. The molecule has 0 saturated carbocycles. The minimum absolute atomic E-state index is 0.127. The molecule has 3 rings (SSSR count). The lowest BCUT2D eigenvalue weighted by Crippen LogP contribution is -2.14. The molecule has 5 heteroatoms. The highest BCUT2D eigenvalue weighted by molar-refractivity contribution is 6.07. The molecule has 1 aliphatic heterocycles. The predicted molar refractivity (Wildman–Crippen MR) is 74.4 cm³/mol. The number of hydrogen-bond acceptors (Lipinski definition) is 3. The van der Waals surface area contributed by atoms with E-state index in [1.54, 1.807) is 6.07 Å². The van der Waals surface area contributed by atoms with Crippen molar-refractivity contribution in [3.63, 3.8) is 0 Å². The number of nitrogens with two attached hydrogens (primary N) is 1. The van der Waals surface area contributed by atoms with Crippen LogP contribution in [0.25, 0.3) is 0 Å². The van der Waals surface area contributed by atoms with Gasteiger partial charge in [0.25, 0.3) is 5.91 Å². The number of carbonyl (C=O) groups excluding carboxylic acids is 1. The number of nitrogen functional groups attached to an aromatic ring is 1. The fourth-order valence-corrected chi connectivity index (χ4v) is 2.20. The van der Waals surface area contributed by atoms with Crippen molar-refractivity contribution < 1.29 is 13.9 Å². The third-order valence-electron chi connectivity index (χ3n) is 3.24. The Balaban J connectivity index is 1.84. The monoisotopic (exact) mass is 272 g/mol. The summed E-state index contributed by atoms with van der Waals surface area (Å²) in [6, 6.07) is 9.58. The number of para-hydroxylation sites is 1. The van der Waals surface area contributed by atoms with Gasteiger partial charge in [-0.15, -0.1) is 0 Å². The van der Waals surface area contributed by atoms with Gasteiger partial charge in [-0.1, -0.05) is 6.07 Å². The van der Waals surface area contributed by atoms with Crippen molar-refractivity contribution in [2.24, 2.45) is 0 Å². The van der Waals surface area contributed by atoms with Crippen molar-refractivity contribution in [1.29, 1.82) is 0 Å². The van der Waals surface area contributed by atoms with E-state index in [9.17, 15) is 9.18 Å². The largest absolute Gasteiger partial charge is 0.493 e. The van der Waals surface area contributed by atoms with Crippen LogP contribution in [0, 0.1) is 5.82 Å². The molecule has 0 aliphatic carbocycles. The van der Waals surface area contributed by atoms with Crippen LogP contribution in [-0.4, -0.2) is 12.5 Å². The third-order valence-corrected chi connectivity index (χ3v) is 3.24. The van der Waals surface area contributed by atoms with Gasteiger partial charge in [-0.2, -0.15) is 0 Å². The first-order valence-electron chi connectivity index (χ1n) is 6.26. The summed E-state index contributed by atoms with van der Waals surface area (Å²) >= 11 is 0. The Bertz CT molecular complexity index is 686. The minimum Gasteiger partial charge on any atom is -0.493 e. The van der Waals surface area contributed by atoms with Crippen LogP contribution in [0.5, 0.6) is 5.75 Å². The second-order valence-corrected chi connectivity index (χ2v) is 4.58. The highest BCUT2D eigenvalue weighted by Gasteiger charge is 2.15. The molecule has 2 aromatic rings. The minimum atomic E-state index is -0.597. The van der Waals surface area contributed by atoms with Crippen molar-refractivity contribution in [1.82, 2.24) is 0 Å². The molecule has 1 heterocycles. The van der Waals surface area contributed by atoms with Gasteiger partial charge in [-0.3, -0.25) is 4.79 Å². The molecule has 0 spiro atoms. The second kappa shape index (κ2) is 4.85. The molecule has 4 nitrogen and oxygen atoms in total. The average Bonchev–Trinajstić information content (AvgIpc) is 2.89. The molecular weight excluding hydrogens is 259 g/mol. The molecule has 0 saturated heterocycles. The van der Waals surface area contributed by atoms with Crippen LogP contribution in [-0.2, 0) is 6.42 Å². The Hall–Kier alpha value is -2.56. The van der Waals surface area contributed by atoms with E-state index in [1.807, 2.05) is 12.1 Å². The van der Waals surface area contributed by atoms with Crippen molar-refractivity contribution in [3.05, 3.63) is 53.3 Å². The molecule has 1 aliphatic rings. The molecule has 3 N–H and O–H groups in total. The zero-order chi connectivity index (χ0) is 14.1. The van der Waals surface area contributed by atoms with Crippen LogP contribution in [0.1, 0.15) is 15.9 Å². The van der Waals surface area contributed by atoms with Crippen molar-refractivity contribution in [2.45, 2.75) is 6.42 Å². The maximum atomic E-state index is 13.3. The fourth-order valence-electron chi connectivity index (χ4n) is 2.20. The fraction of sp³-hybridized carbons (Fsp3) is 0.133. The van der Waals surface area contributed by atoms with Gasteiger partial charge in [0.1, 0.15) is 11.6 Å². The first kappa shape index (κ1) is 12.5. The summed E-state index contributed by atoms with van der Waals surface area (Å²) in [7, 11) is 0. The molecule has 102 valence electrons. The topological polar surface area (TPSA) is 64.4 Å². The molecule has 2 aromatic carbocycles. The van der Waals surface area contributed by atoms with E-state index in [1.165, 1.54) is 18.2 Å². The number of fused-ring (bicyclic) bond motifs is 1. The van der Waals surface area contributed by atoms with Crippen LogP contribution in [0.15, 0.2) is 36.4 Å². The van der Waals surface area contributed by atoms with Crippen LogP contribution < -0.4 is 15.8 Å². The number of amides is 1. The third kappa shape index (κ3) is 2.18. The van der Waals surface area contributed by atoms with Gasteiger partial charge in [-0.05, 0) is 35.9 Å². The van der Waals surface area contributed by atoms with Crippen LogP contribution in [0.3, 0.4) is 0 Å². The maximum absolute atomic E-state index is 13.3. The smallest absolute Gasteiger partial charge is 0.257 e. The van der Waals surface area contributed by atoms with E-state index in [0.29, 0.717) is 12.3 Å². The summed E-state index contributed by atoms with van der Waals surface area (Å²) in [5, 5.41) is 2.71. The lowest BCUT2D eigenvalue weighted by atomic mass is 10.1. The SMILES string of the molecule is Nc1c(F)cccc1C(=O)Nc1ccc2c(c1)CCO2. The lowest BCUT2D eigenvalue weighted by Gasteiger charge is -2.09. The van der Waals surface area contributed by atoms with E-state index < -0.39 is 11.7 Å². The van der Waals surface area contributed by atoms with Crippen molar-refractivity contribution in [2.75, 3.05) is 17.7 Å². The Labute approximate surface area is 115 Å². The molecule has 0 atom stereocenters. The molecule has 0 aromatic heterocycles. The summed E-state index contributed by atoms with van der Waals surface area (Å²) in [5.74, 6) is -0.186. The summed E-state index contributed by atoms with van der Waals surface area (Å²) < 4.78 is 18.7. The normalized spacial score (nSPS) is 12.7. The quantitative estimate of drug-likeness (QED) is 0.826. The van der Waals surface area contributed by atoms with E-state index in [2.05, 4.69) is 5.32 Å². The molecule has 0 unspecified atom stereocenters. The van der Waals surface area contributed by atoms with Crippen LogP contribution in [0.4, 0.5) is 15.8 Å². The molecule has 1 amide bonds. The highest BCUT2D eigenvalue weighted by atomic mass is 19.1. The van der Waals surface area contributed by atoms with Crippen LogP contribution >= 0.6 is 0 Å². The van der Waals surface area contributed by atoms with Gasteiger partial charge < -0.3 is 15.8 Å². The Kier molecular flexibility index (Phi) is 3.02.